The molecule has 104 valence electrons. The van der Waals surface area contributed by atoms with Crippen molar-refractivity contribution < 1.29 is 9.59 Å². The fourth-order valence-electron chi connectivity index (χ4n) is 3.93. The normalized spacial score (nSPS) is 37.9. The number of benzene rings is 1. The van der Waals surface area contributed by atoms with E-state index in [0.29, 0.717) is 6.42 Å². The van der Waals surface area contributed by atoms with Crippen molar-refractivity contribution in [2.24, 2.45) is 0 Å². The Labute approximate surface area is 117 Å². The number of piperazine rings is 1. The molecule has 0 unspecified atom stereocenters. The third kappa shape index (κ3) is 1.23. The Morgan fingerprint density at radius 3 is 2.80 bits per heavy atom. The number of amides is 2. The smallest absolute Gasteiger partial charge is 0.247 e. The van der Waals surface area contributed by atoms with Crippen LogP contribution in [0.25, 0.3) is 0 Å². The lowest BCUT2D eigenvalue weighted by atomic mass is 9.80. The Morgan fingerprint density at radius 1 is 1.25 bits per heavy atom. The van der Waals surface area contributed by atoms with Crippen molar-refractivity contribution in [1.29, 1.82) is 0 Å². The Bertz CT molecular complexity index is 629. The maximum atomic E-state index is 12.5. The molecule has 5 heteroatoms. The Kier molecular flexibility index (Phi) is 2.08. The minimum Gasteiger partial charge on any atom is -0.364 e. The van der Waals surface area contributed by atoms with E-state index >= 15 is 0 Å². The van der Waals surface area contributed by atoms with Crippen LogP contribution in [0.5, 0.6) is 0 Å². The largest absolute Gasteiger partial charge is 0.364 e. The van der Waals surface area contributed by atoms with Crippen LogP contribution in [0, 0.1) is 0 Å². The molecule has 0 aliphatic carbocycles. The molecular weight excluding hydrogens is 254 g/mol. The summed E-state index contributed by atoms with van der Waals surface area (Å²) in [7, 11) is 0. The topological polar surface area (TPSA) is 61.4 Å². The lowest BCUT2D eigenvalue weighted by Gasteiger charge is -2.37. The summed E-state index contributed by atoms with van der Waals surface area (Å²) in [5, 5.41) is 6.21. The predicted molar refractivity (Wildman–Crippen MR) is 74.1 cm³/mol. The molecule has 3 aliphatic heterocycles. The van der Waals surface area contributed by atoms with Gasteiger partial charge in [0.25, 0.3) is 0 Å². The molecule has 3 heterocycles. The minimum absolute atomic E-state index is 0.00336. The predicted octanol–water partition coefficient (Wildman–Crippen LogP) is 0.815. The molecule has 1 aromatic rings. The average Bonchev–Trinajstić information content (AvgIpc) is 2.86. The van der Waals surface area contributed by atoms with Crippen molar-refractivity contribution in [2.45, 2.75) is 43.9 Å². The monoisotopic (exact) mass is 271 g/mol. The van der Waals surface area contributed by atoms with Crippen molar-refractivity contribution >= 4 is 17.5 Å². The number of para-hydroxylation sites is 1. The molecule has 4 rings (SSSR count). The van der Waals surface area contributed by atoms with E-state index < -0.39 is 6.04 Å². The van der Waals surface area contributed by atoms with Gasteiger partial charge < -0.3 is 15.5 Å². The first-order chi connectivity index (χ1) is 9.52. The summed E-state index contributed by atoms with van der Waals surface area (Å²) in [6.45, 7) is 3.88. The zero-order chi connectivity index (χ0) is 14.1. The zero-order valence-corrected chi connectivity index (χ0v) is 11.5. The molecule has 5 nitrogen and oxygen atoms in total. The van der Waals surface area contributed by atoms with Gasteiger partial charge in [-0.15, -0.1) is 0 Å². The van der Waals surface area contributed by atoms with Crippen LogP contribution >= 0.6 is 0 Å². The standard InChI is InChI=1S/C15H17N3O2/c1-8-13(20)18-11(12(19)16-8)7-15(2)9-5-3-4-6-10(9)17-14(15)18/h3-6,8,11,14,17H,7H2,1-2H3,(H,16,19)/t8-,11-,14-,15-/m0/s1. The number of nitrogens with one attached hydrogen (secondary N) is 2. The third-order valence-electron chi connectivity index (χ3n) is 4.96. The summed E-state index contributed by atoms with van der Waals surface area (Å²) in [6, 6.07) is 7.33. The van der Waals surface area contributed by atoms with Gasteiger partial charge in [-0.05, 0) is 25.0 Å². The molecule has 2 amide bonds. The summed E-state index contributed by atoms with van der Waals surface area (Å²) in [6.07, 6.45) is 0.553. The maximum absolute atomic E-state index is 12.5. The second-order valence-electron chi connectivity index (χ2n) is 6.21. The molecular formula is C15H17N3O2. The second kappa shape index (κ2) is 3.53. The highest BCUT2D eigenvalue weighted by Gasteiger charge is 2.60. The molecule has 0 aromatic heterocycles. The van der Waals surface area contributed by atoms with E-state index in [1.807, 2.05) is 18.2 Å². The fourth-order valence-corrected chi connectivity index (χ4v) is 3.93. The number of nitrogens with zero attached hydrogens (tertiary/aromatic N) is 1. The summed E-state index contributed by atoms with van der Waals surface area (Å²) < 4.78 is 0. The molecule has 2 N–H and O–H groups in total. The number of carbonyl (C=O) groups excluding carboxylic acids is 2. The fraction of sp³-hybridized carbons (Fsp3) is 0.467. The Hall–Kier alpha value is -2.04. The van der Waals surface area contributed by atoms with Crippen molar-refractivity contribution in [1.82, 2.24) is 10.2 Å². The molecule has 2 fully saturated rings. The highest BCUT2D eigenvalue weighted by Crippen LogP contribution is 2.51. The molecule has 4 atom stereocenters. The van der Waals surface area contributed by atoms with E-state index in [9.17, 15) is 9.59 Å². The molecule has 2 saturated heterocycles. The first kappa shape index (κ1) is 11.8. The molecule has 0 radical (unpaired) electrons. The lowest BCUT2D eigenvalue weighted by molar-refractivity contribution is -0.148. The molecule has 1 aromatic carbocycles. The number of fused-ring (bicyclic) bond motifs is 5. The van der Waals surface area contributed by atoms with Gasteiger partial charge in [-0.1, -0.05) is 25.1 Å². The van der Waals surface area contributed by atoms with Gasteiger partial charge in [0.05, 0.1) is 0 Å². The van der Waals surface area contributed by atoms with Gasteiger partial charge in [0.1, 0.15) is 18.2 Å². The van der Waals surface area contributed by atoms with Crippen LogP contribution in [0.15, 0.2) is 24.3 Å². The van der Waals surface area contributed by atoms with Gasteiger partial charge >= 0.3 is 0 Å². The average molecular weight is 271 g/mol. The summed E-state index contributed by atoms with van der Waals surface area (Å²) >= 11 is 0. The van der Waals surface area contributed by atoms with Gasteiger partial charge in [0.15, 0.2) is 0 Å². The minimum atomic E-state index is -0.438. The zero-order valence-electron chi connectivity index (χ0n) is 11.5. The Morgan fingerprint density at radius 2 is 2.00 bits per heavy atom. The summed E-state index contributed by atoms with van der Waals surface area (Å²) in [5.41, 5.74) is 2.08. The molecule has 0 spiro atoms. The van der Waals surface area contributed by atoms with E-state index in [1.165, 1.54) is 5.56 Å². The number of hydrogen-bond acceptors (Lipinski definition) is 3. The highest BCUT2D eigenvalue weighted by atomic mass is 16.2. The van der Waals surface area contributed by atoms with Gasteiger partial charge in [-0.25, -0.2) is 0 Å². The number of rotatable bonds is 0. The van der Waals surface area contributed by atoms with E-state index in [0.717, 1.165) is 5.69 Å². The van der Waals surface area contributed by atoms with Crippen molar-refractivity contribution in [2.75, 3.05) is 5.32 Å². The number of anilines is 1. The van der Waals surface area contributed by atoms with Gasteiger partial charge in [-0.2, -0.15) is 0 Å². The highest BCUT2D eigenvalue weighted by molar-refractivity contribution is 5.98. The molecule has 3 aliphatic rings. The van der Waals surface area contributed by atoms with E-state index in [1.54, 1.807) is 11.8 Å². The van der Waals surface area contributed by atoms with Crippen LogP contribution in [0.2, 0.25) is 0 Å². The van der Waals surface area contributed by atoms with Crippen LogP contribution in [-0.4, -0.2) is 35.0 Å². The van der Waals surface area contributed by atoms with Crippen LogP contribution in [0.4, 0.5) is 5.69 Å². The van der Waals surface area contributed by atoms with Crippen molar-refractivity contribution in [3.63, 3.8) is 0 Å². The lowest BCUT2D eigenvalue weighted by Crippen LogP contribution is -2.63. The maximum Gasteiger partial charge on any atom is 0.247 e. The summed E-state index contributed by atoms with van der Waals surface area (Å²) in [5.74, 6) is -0.0318. The van der Waals surface area contributed by atoms with Crippen LogP contribution < -0.4 is 10.6 Å². The van der Waals surface area contributed by atoms with Crippen LogP contribution in [0.1, 0.15) is 25.8 Å². The first-order valence-electron chi connectivity index (χ1n) is 7.01. The Balaban J connectivity index is 1.82. The van der Waals surface area contributed by atoms with E-state index in [4.69, 9.17) is 0 Å². The van der Waals surface area contributed by atoms with Crippen molar-refractivity contribution in [3.05, 3.63) is 29.8 Å². The van der Waals surface area contributed by atoms with E-state index in [2.05, 4.69) is 23.6 Å². The number of hydrogen-bond donors (Lipinski definition) is 2. The first-order valence-corrected chi connectivity index (χ1v) is 7.01. The van der Waals surface area contributed by atoms with Crippen LogP contribution in [0.3, 0.4) is 0 Å². The molecule has 0 saturated carbocycles. The van der Waals surface area contributed by atoms with Crippen LogP contribution in [-0.2, 0) is 15.0 Å². The molecule has 20 heavy (non-hydrogen) atoms. The number of carbonyl (C=O) groups is 2. The van der Waals surface area contributed by atoms with E-state index in [-0.39, 0.29) is 29.4 Å². The SMILES string of the molecule is C[C@@H]1NC(=O)[C@@H]2C[C@@]3(C)c4ccccc4N[C@H]3N2C1=O. The van der Waals surface area contributed by atoms with Crippen molar-refractivity contribution in [3.8, 4) is 0 Å². The molecule has 0 bridgehead atoms. The summed E-state index contributed by atoms with van der Waals surface area (Å²) in [4.78, 5) is 26.4. The van der Waals surface area contributed by atoms with Gasteiger partial charge in [0, 0.05) is 11.1 Å². The third-order valence-corrected chi connectivity index (χ3v) is 4.96. The van der Waals surface area contributed by atoms with Gasteiger partial charge in [-0.3, -0.25) is 9.59 Å². The quantitative estimate of drug-likeness (QED) is 0.734. The second-order valence-corrected chi connectivity index (χ2v) is 6.21. The van der Waals surface area contributed by atoms with Gasteiger partial charge in [0.2, 0.25) is 11.8 Å².